The molecule has 7 amide bonds. The number of carbonyl (C=O) groups excluding carboxylic acids is 11. The number of nitrogens with one attached hydrogen (secondary N) is 3. The number of aromatic carboxylic acids is 1. The van der Waals surface area contributed by atoms with E-state index in [1.165, 1.54) is 209 Å². The van der Waals surface area contributed by atoms with Crippen molar-refractivity contribution < 1.29 is 151 Å². The van der Waals surface area contributed by atoms with E-state index in [1.54, 1.807) is 45.0 Å². The van der Waals surface area contributed by atoms with Gasteiger partial charge in [-0.3, -0.25) is 104 Å². The number of amides is 7. The average molecular weight is 1970 g/mol. The summed E-state index contributed by atoms with van der Waals surface area (Å²) < 4.78 is 14.5. The number of likely N-dealkylation sites (tertiary alicyclic amines) is 5. The van der Waals surface area contributed by atoms with E-state index in [4.69, 9.17) is 31.7 Å². The largest absolute Gasteiger partial charge is 1.00 e. The first-order chi connectivity index (χ1) is 65.9. The normalized spacial score (nSPS) is 16.7. The molecule has 0 aromatic heterocycles. The van der Waals surface area contributed by atoms with Crippen LogP contribution in [0.3, 0.4) is 0 Å². The number of ether oxygens (including phenoxy) is 3. The summed E-state index contributed by atoms with van der Waals surface area (Å²) in [6.07, 6.45) is 7.84. The van der Waals surface area contributed by atoms with Crippen LogP contribution < -0.4 is 34.8 Å². The van der Waals surface area contributed by atoms with Crippen LogP contribution in [0.4, 0.5) is 45.5 Å². The summed E-state index contributed by atoms with van der Waals surface area (Å²) in [6, 6.07) is 39.9. The number of carboxylic acids is 3. The van der Waals surface area contributed by atoms with Crippen molar-refractivity contribution in [3.63, 3.8) is 0 Å². The number of non-ortho nitro benzene ring substituents is 6. The first kappa shape index (κ1) is 113. The SMILES string of the molecule is CC(C)(C)OC(=O)c1ccc(NC(=O)[C@@H]2CCCN2C(=O)c2ccc([N+](=O)[O-])cc2)cc1.COC(=O)[C@@H]1CCCN1.COC(=O)[C@@H]1CCCN1C(=O)c1ccc([N+](=O)[O-])cc1.O=C(Cl)c1ccc([N+](=O)[O-])cc1.O=C(O)[C@@H]1CCCN1C(=O)c1ccc([N+](=O)[O-])cc1.O=C(O)[C@@H]1CCCN1C(=O)c1ccc([N+](=O)[O-])cc1.O=C(O)c1ccc(NC(=O)[C@@H]2CCCN2C(=O)c2ccc([N+](=O)[O-])cc2)cc1.[Li+].[OH-]. The molecule has 8 aromatic carbocycles. The van der Waals surface area contributed by atoms with E-state index in [0.29, 0.717) is 113 Å². The number of methoxy groups -OCH3 is 2. The van der Waals surface area contributed by atoms with Crippen molar-refractivity contribution in [1.82, 2.24) is 29.8 Å². The zero-order chi connectivity index (χ0) is 102. The second kappa shape index (κ2) is 53.5. The molecule has 0 saturated carbocycles. The average Bonchev–Trinajstić information content (AvgIpc) is 1.70. The molecule has 6 aliphatic rings. The second-order valence-corrected chi connectivity index (χ2v) is 32.5. The number of nitro groups is 6. The van der Waals surface area contributed by atoms with Crippen LogP contribution in [0.1, 0.15) is 181 Å². The summed E-state index contributed by atoms with van der Waals surface area (Å²) in [5.74, 6) is -6.65. The van der Waals surface area contributed by atoms with Crippen LogP contribution in [0.5, 0.6) is 0 Å². The van der Waals surface area contributed by atoms with Crippen LogP contribution in [0.15, 0.2) is 194 Å². The molecule has 0 radical (unpaired) electrons. The van der Waals surface area contributed by atoms with Crippen molar-refractivity contribution in [2.24, 2.45) is 0 Å². The number of aliphatic carboxylic acids is 2. The van der Waals surface area contributed by atoms with Gasteiger partial charge in [-0.2, -0.15) is 0 Å². The zero-order valence-corrected chi connectivity index (χ0v) is 77.3. The minimum absolute atomic E-state index is 0. The Morgan fingerprint density at radius 3 is 0.823 bits per heavy atom. The van der Waals surface area contributed by atoms with E-state index in [2.05, 4.69) is 25.4 Å². The molecule has 0 spiro atoms. The Hall–Kier alpha value is -16.3. The van der Waals surface area contributed by atoms with Gasteiger partial charge >= 0.3 is 54.7 Å². The third-order valence-electron chi connectivity index (χ3n) is 21.9. The molecule has 47 nitrogen and oxygen atoms in total. The fourth-order valence-corrected chi connectivity index (χ4v) is 15.0. The van der Waals surface area contributed by atoms with Gasteiger partial charge in [0.05, 0.1) is 54.9 Å². The maximum atomic E-state index is 12.9. The molecule has 6 atom stereocenters. The Balaban J connectivity index is 0.000000259. The van der Waals surface area contributed by atoms with Crippen molar-refractivity contribution in [3.8, 4) is 0 Å². The first-order valence-corrected chi connectivity index (χ1v) is 43.1. The van der Waals surface area contributed by atoms with Crippen molar-refractivity contribution in [1.29, 1.82) is 0 Å². The number of anilines is 2. The van der Waals surface area contributed by atoms with Crippen LogP contribution in [-0.4, -0.2) is 253 Å². The molecular formula is C92H96ClLiN14O33. The number of carboxylic acid groups (broad SMARTS) is 3. The van der Waals surface area contributed by atoms with Gasteiger partial charge in [-0.15, -0.1) is 0 Å². The molecule has 6 saturated heterocycles. The summed E-state index contributed by atoms with van der Waals surface area (Å²) in [7, 11) is 2.71. The second-order valence-electron chi connectivity index (χ2n) is 32.2. The minimum Gasteiger partial charge on any atom is -0.870 e. The fourth-order valence-electron chi connectivity index (χ4n) is 14.9. The van der Waals surface area contributed by atoms with Gasteiger partial charge in [0.2, 0.25) is 11.8 Å². The molecule has 49 heteroatoms. The number of esters is 3. The number of hydrogen-bond donors (Lipinski definition) is 6. The minimum atomic E-state index is -1.06. The summed E-state index contributed by atoms with van der Waals surface area (Å²) in [6.45, 7) is 8.40. The molecule has 14 rings (SSSR count). The molecule has 0 aliphatic carbocycles. The van der Waals surface area contributed by atoms with Crippen LogP contribution in [-0.2, 0) is 43.0 Å². The van der Waals surface area contributed by atoms with Crippen molar-refractivity contribution >= 4 is 140 Å². The van der Waals surface area contributed by atoms with E-state index < -0.39 is 112 Å². The topological polar surface area (TPSA) is 668 Å². The van der Waals surface area contributed by atoms with Gasteiger partial charge in [0, 0.05) is 150 Å². The van der Waals surface area contributed by atoms with Crippen LogP contribution >= 0.6 is 11.6 Å². The smallest absolute Gasteiger partial charge is 0.870 e. The molecule has 6 fully saturated rings. The van der Waals surface area contributed by atoms with E-state index in [1.807, 2.05) is 0 Å². The standard InChI is InChI=1S/C23H25N3O6.C19H17N3O6.C13H14N2O5.2C12H12N2O5.C7H4ClNO3.C6H11NO2.Li.H2O/c1-23(2,3)32-22(29)16-6-10-17(11-7-16)24-20(27)19-5-4-14-25(19)21(28)15-8-12-18(13-9-15)26(30)31;23-17(20-14-7-3-13(4-8-14)19(25)26)16-2-1-11-21(16)18(24)12-5-9-15(10-6-12)22(27)28;1-20-13(17)11-3-2-8-14(11)12(16)9-4-6-10(7-5-9)15(18)19;2*15-11(13-7-1-2-10(13)12(16)17)8-3-5-9(6-4-8)14(18)19;8-7(10)5-1-3-6(4-2-5)9(11)12;1-9-6(8)5-3-2-4-7-5;;/h6-13,19H,4-5,14H2,1-3H3,(H,24,27);3-10,16H,1-2,11H2,(H,20,23)(H,25,26);4-7,11H,2-3,8H2,1H3;2*3-6,10H,1-2,7H2,(H,16,17);1-4H;5,7H,2-4H2,1H3;;1H2/q;;;;;;;+1;/p-1/t19-;16-;11-;2*10-;;5-;;/m00000.0../s1. The number of nitrogens with zero attached hydrogens (tertiary/aromatic N) is 11. The maximum absolute atomic E-state index is 12.9. The van der Waals surface area contributed by atoms with Gasteiger partial charge in [0.15, 0.2) is 0 Å². The van der Waals surface area contributed by atoms with E-state index in [9.17, 15) is 128 Å². The molecule has 0 bridgehead atoms. The van der Waals surface area contributed by atoms with Gasteiger partial charge in [-0.1, -0.05) is 0 Å². The summed E-state index contributed by atoms with van der Waals surface area (Å²) in [4.78, 5) is 232. The third kappa shape index (κ3) is 32.5. The van der Waals surface area contributed by atoms with Gasteiger partial charge in [-0.25, -0.2) is 24.0 Å². The monoisotopic (exact) mass is 1970 g/mol. The first-order valence-electron chi connectivity index (χ1n) is 42.8. The molecule has 0 unspecified atom stereocenters. The zero-order valence-electron chi connectivity index (χ0n) is 76.6. The van der Waals surface area contributed by atoms with E-state index in [-0.39, 0.29) is 133 Å². The van der Waals surface area contributed by atoms with Gasteiger partial charge in [0.1, 0.15) is 41.9 Å². The molecule has 6 aliphatic heterocycles. The van der Waals surface area contributed by atoms with Crippen molar-refractivity contribution in [2.75, 3.05) is 64.1 Å². The summed E-state index contributed by atoms with van der Waals surface area (Å²) in [5, 5.41) is 98.1. The van der Waals surface area contributed by atoms with Crippen molar-refractivity contribution in [2.45, 2.75) is 140 Å². The number of nitro benzene ring substituents is 6. The Morgan fingerprint density at radius 2 is 0.589 bits per heavy atom. The third-order valence-corrected chi connectivity index (χ3v) is 22.1. The maximum Gasteiger partial charge on any atom is 1.00 e. The van der Waals surface area contributed by atoms with Crippen LogP contribution in [0.25, 0.3) is 0 Å². The number of halogens is 1. The molecule has 740 valence electrons. The number of carbonyl (C=O) groups is 14. The number of hydrogen-bond acceptors (Lipinski definition) is 31. The van der Waals surface area contributed by atoms with Gasteiger partial charge in [-0.05, 0) is 237 Å². The Morgan fingerprint density at radius 1 is 0.348 bits per heavy atom. The number of benzene rings is 8. The fraction of sp³-hybridized carbons (Fsp3) is 0.326. The van der Waals surface area contributed by atoms with Gasteiger partial charge < -0.3 is 75.5 Å². The van der Waals surface area contributed by atoms with Crippen LogP contribution in [0, 0.1) is 60.7 Å². The van der Waals surface area contributed by atoms with E-state index in [0.717, 1.165) is 25.8 Å². The predicted octanol–water partition coefficient (Wildman–Crippen LogP) is 8.98. The Bertz CT molecular complexity index is 5750. The summed E-state index contributed by atoms with van der Waals surface area (Å²) in [5.41, 5.74) is 1.91. The van der Waals surface area contributed by atoms with Gasteiger partial charge in [0.25, 0.3) is 68.9 Å². The molecule has 8 aromatic rings. The van der Waals surface area contributed by atoms with Crippen LogP contribution in [0.2, 0.25) is 0 Å². The molecule has 141 heavy (non-hydrogen) atoms. The Kier molecular flexibility index (Phi) is 43.0. The number of rotatable bonds is 22. The van der Waals surface area contributed by atoms with Crippen molar-refractivity contribution in [3.05, 3.63) is 299 Å². The molecule has 7 N–H and O–H groups in total. The Labute approximate surface area is 818 Å². The van der Waals surface area contributed by atoms with E-state index >= 15 is 0 Å². The predicted molar refractivity (Wildman–Crippen MR) is 494 cm³/mol. The molecule has 6 heterocycles. The molecular weight excluding hydrogens is 1870 g/mol. The summed E-state index contributed by atoms with van der Waals surface area (Å²) >= 11 is 5.13. The quantitative estimate of drug-likeness (QED) is 0.00920.